The maximum absolute atomic E-state index is 9.54. The summed E-state index contributed by atoms with van der Waals surface area (Å²) in [6.07, 6.45) is 0.766. The highest BCUT2D eigenvalue weighted by molar-refractivity contribution is 5.20. The van der Waals surface area contributed by atoms with E-state index in [4.69, 9.17) is 9.47 Å². The Morgan fingerprint density at radius 2 is 2.16 bits per heavy atom. The van der Waals surface area contributed by atoms with Gasteiger partial charge in [0.15, 0.2) is 5.79 Å². The SMILES string of the molecule is CC1(c2ccccc2)OCC(CN2CCC(O)C2)O1. The van der Waals surface area contributed by atoms with Crippen molar-refractivity contribution in [3.05, 3.63) is 35.9 Å². The summed E-state index contributed by atoms with van der Waals surface area (Å²) in [6.45, 7) is 5.11. The van der Waals surface area contributed by atoms with Gasteiger partial charge in [0.05, 0.1) is 18.8 Å². The molecule has 1 N–H and O–H groups in total. The Morgan fingerprint density at radius 1 is 1.37 bits per heavy atom. The zero-order valence-electron chi connectivity index (χ0n) is 11.3. The summed E-state index contributed by atoms with van der Waals surface area (Å²) in [6, 6.07) is 10.0. The lowest BCUT2D eigenvalue weighted by atomic mass is 10.1. The first-order valence-electron chi connectivity index (χ1n) is 6.93. The van der Waals surface area contributed by atoms with Crippen molar-refractivity contribution >= 4 is 0 Å². The number of rotatable bonds is 3. The van der Waals surface area contributed by atoms with Gasteiger partial charge in [0, 0.05) is 25.2 Å². The molecule has 2 aliphatic heterocycles. The molecular weight excluding hydrogens is 242 g/mol. The molecule has 104 valence electrons. The molecule has 4 nitrogen and oxygen atoms in total. The van der Waals surface area contributed by atoms with Crippen LogP contribution < -0.4 is 0 Å². The van der Waals surface area contributed by atoms with Crippen LogP contribution in [0.1, 0.15) is 18.9 Å². The van der Waals surface area contributed by atoms with Crippen molar-refractivity contribution in [1.29, 1.82) is 0 Å². The molecule has 0 aromatic heterocycles. The Morgan fingerprint density at radius 3 is 2.84 bits per heavy atom. The largest absolute Gasteiger partial charge is 0.392 e. The molecule has 3 unspecified atom stereocenters. The van der Waals surface area contributed by atoms with Crippen molar-refractivity contribution < 1.29 is 14.6 Å². The van der Waals surface area contributed by atoms with E-state index in [1.165, 1.54) is 0 Å². The molecule has 0 bridgehead atoms. The fourth-order valence-corrected chi connectivity index (χ4v) is 2.89. The van der Waals surface area contributed by atoms with Gasteiger partial charge in [-0.25, -0.2) is 0 Å². The Labute approximate surface area is 113 Å². The molecule has 2 fully saturated rings. The highest BCUT2D eigenvalue weighted by atomic mass is 16.7. The van der Waals surface area contributed by atoms with Crippen LogP contribution in [0.4, 0.5) is 0 Å². The van der Waals surface area contributed by atoms with Crippen LogP contribution in [0.3, 0.4) is 0 Å². The molecule has 3 atom stereocenters. The zero-order valence-corrected chi connectivity index (χ0v) is 11.3. The van der Waals surface area contributed by atoms with E-state index in [1.807, 2.05) is 37.3 Å². The van der Waals surface area contributed by atoms with Crippen LogP contribution >= 0.6 is 0 Å². The molecule has 0 saturated carbocycles. The second-order valence-corrected chi connectivity index (χ2v) is 5.56. The monoisotopic (exact) mass is 263 g/mol. The predicted molar refractivity (Wildman–Crippen MR) is 71.7 cm³/mol. The maximum atomic E-state index is 9.54. The minimum atomic E-state index is -0.635. The van der Waals surface area contributed by atoms with E-state index < -0.39 is 5.79 Å². The van der Waals surface area contributed by atoms with E-state index in [0.717, 1.165) is 31.6 Å². The molecule has 1 aromatic rings. The number of benzene rings is 1. The van der Waals surface area contributed by atoms with Crippen LogP contribution in [0.5, 0.6) is 0 Å². The fraction of sp³-hybridized carbons (Fsp3) is 0.600. The van der Waals surface area contributed by atoms with E-state index in [9.17, 15) is 5.11 Å². The molecule has 2 heterocycles. The lowest BCUT2D eigenvalue weighted by Gasteiger charge is -2.25. The van der Waals surface area contributed by atoms with Gasteiger partial charge in [0.25, 0.3) is 0 Å². The van der Waals surface area contributed by atoms with Crippen LogP contribution in [0.15, 0.2) is 30.3 Å². The van der Waals surface area contributed by atoms with Crippen LogP contribution in [0.2, 0.25) is 0 Å². The van der Waals surface area contributed by atoms with E-state index in [0.29, 0.717) is 6.61 Å². The summed E-state index contributed by atoms with van der Waals surface area (Å²) in [4.78, 5) is 2.25. The second-order valence-electron chi connectivity index (χ2n) is 5.56. The fourth-order valence-electron chi connectivity index (χ4n) is 2.89. The maximum Gasteiger partial charge on any atom is 0.192 e. The third-order valence-electron chi connectivity index (χ3n) is 3.94. The van der Waals surface area contributed by atoms with E-state index in [1.54, 1.807) is 0 Å². The number of nitrogens with zero attached hydrogens (tertiary/aromatic N) is 1. The summed E-state index contributed by atoms with van der Waals surface area (Å²) >= 11 is 0. The average Bonchev–Trinajstić information content (AvgIpc) is 2.99. The average molecular weight is 263 g/mol. The van der Waals surface area contributed by atoms with Gasteiger partial charge in [-0.15, -0.1) is 0 Å². The van der Waals surface area contributed by atoms with Gasteiger partial charge in [0.2, 0.25) is 0 Å². The summed E-state index contributed by atoms with van der Waals surface area (Å²) < 4.78 is 12.0. The first-order valence-corrected chi connectivity index (χ1v) is 6.93. The van der Waals surface area contributed by atoms with Crippen LogP contribution in [0.25, 0.3) is 0 Å². The normalized spacial score (nSPS) is 35.9. The molecule has 0 amide bonds. The van der Waals surface area contributed by atoms with E-state index in [-0.39, 0.29) is 12.2 Å². The molecule has 4 heteroatoms. The van der Waals surface area contributed by atoms with Gasteiger partial charge in [-0.05, 0) is 13.3 Å². The Hall–Kier alpha value is -0.940. The van der Waals surface area contributed by atoms with Crippen molar-refractivity contribution in [2.45, 2.75) is 31.3 Å². The quantitative estimate of drug-likeness (QED) is 0.893. The number of aliphatic hydroxyl groups excluding tert-OH is 1. The summed E-state index contributed by atoms with van der Waals surface area (Å²) in [5.74, 6) is -0.635. The van der Waals surface area contributed by atoms with Crippen LogP contribution in [0, 0.1) is 0 Å². The summed E-state index contributed by atoms with van der Waals surface area (Å²) in [5, 5.41) is 9.54. The first kappa shape index (κ1) is 13.1. The molecule has 2 saturated heterocycles. The lowest BCUT2D eigenvalue weighted by Crippen LogP contribution is -2.34. The topological polar surface area (TPSA) is 41.9 Å². The van der Waals surface area contributed by atoms with Crippen molar-refractivity contribution in [3.8, 4) is 0 Å². The Bertz CT molecular complexity index is 425. The zero-order chi connectivity index (χ0) is 13.3. The molecule has 3 rings (SSSR count). The number of likely N-dealkylation sites (tertiary alicyclic amines) is 1. The van der Waals surface area contributed by atoms with Crippen molar-refractivity contribution in [1.82, 2.24) is 4.90 Å². The highest BCUT2D eigenvalue weighted by Gasteiger charge is 2.39. The van der Waals surface area contributed by atoms with Gasteiger partial charge >= 0.3 is 0 Å². The molecule has 0 aliphatic carbocycles. The second kappa shape index (κ2) is 5.21. The molecular formula is C15H21NO3. The third kappa shape index (κ3) is 2.82. The van der Waals surface area contributed by atoms with Crippen molar-refractivity contribution in [2.24, 2.45) is 0 Å². The van der Waals surface area contributed by atoms with Crippen molar-refractivity contribution in [3.63, 3.8) is 0 Å². The van der Waals surface area contributed by atoms with Crippen LogP contribution in [-0.2, 0) is 15.3 Å². The molecule has 2 aliphatic rings. The minimum Gasteiger partial charge on any atom is -0.392 e. The summed E-state index contributed by atoms with van der Waals surface area (Å²) in [7, 11) is 0. The molecule has 19 heavy (non-hydrogen) atoms. The number of hydrogen-bond acceptors (Lipinski definition) is 4. The number of aliphatic hydroxyl groups is 1. The third-order valence-corrected chi connectivity index (χ3v) is 3.94. The predicted octanol–water partition coefficient (Wildman–Crippen LogP) is 1.34. The van der Waals surface area contributed by atoms with Gasteiger partial charge < -0.3 is 14.6 Å². The number of ether oxygens (including phenoxy) is 2. The molecule has 0 spiro atoms. The van der Waals surface area contributed by atoms with Crippen molar-refractivity contribution in [2.75, 3.05) is 26.2 Å². The number of β-amino-alcohol motifs (C(OH)–C–C–N with tert-alkyl or cyclic N) is 1. The van der Waals surface area contributed by atoms with E-state index >= 15 is 0 Å². The lowest BCUT2D eigenvalue weighted by molar-refractivity contribution is -0.163. The molecule has 1 aromatic carbocycles. The smallest absolute Gasteiger partial charge is 0.192 e. The van der Waals surface area contributed by atoms with Gasteiger partial charge in [0.1, 0.15) is 0 Å². The van der Waals surface area contributed by atoms with Gasteiger partial charge in [-0.3, -0.25) is 4.90 Å². The van der Waals surface area contributed by atoms with Gasteiger partial charge in [-0.1, -0.05) is 30.3 Å². The standard InChI is InChI=1S/C15H21NO3/c1-15(12-5-3-2-4-6-12)18-11-14(19-15)10-16-8-7-13(17)9-16/h2-6,13-14,17H,7-11H2,1H3. The highest BCUT2D eigenvalue weighted by Crippen LogP contribution is 2.34. The Kier molecular flexibility index (Phi) is 3.58. The van der Waals surface area contributed by atoms with E-state index in [2.05, 4.69) is 4.90 Å². The molecule has 0 radical (unpaired) electrons. The first-order chi connectivity index (χ1) is 9.16. The van der Waals surface area contributed by atoms with Crippen LogP contribution in [-0.4, -0.2) is 48.5 Å². The number of hydrogen-bond donors (Lipinski definition) is 1. The minimum absolute atomic E-state index is 0.0792. The van der Waals surface area contributed by atoms with Gasteiger partial charge in [-0.2, -0.15) is 0 Å². The Balaban J connectivity index is 1.60. The summed E-state index contributed by atoms with van der Waals surface area (Å²) in [5.41, 5.74) is 1.05.